The third-order valence-corrected chi connectivity index (χ3v) is 3.93. The van der Waals surface area contributed by atoms with E-state index in [2.05, 4.69) is 5.32 Å². The molecule has 0 bridgehead atoms. The van der Waals surface area contributed by atoms with Gasteiger partial charge in [-0.05, 0) is 50.1 Å². The molecule has 5 nitrogen and oxygen atoms in total. The minimum Gasteiger partial charge on any atom is -0.481 e. The standard InChI is InChI=1S/C20H22FNO4/c1-13-4-3-5-15(10-13)11-16(20(24)25)12-22-19(23)14(2)26-18-8-6-17(21)7-9-18/h3-10,14,16H,11-12H2,1-2H3,(H,22,23)(H,24,25). The molecule has 0 aromatic heterocycles. The molecule has 2 unspecified atom stereocenters. The van der Waals surface area contributed by atoms with Crippen LogP contribution in [-0.4, -0.2) is 29.6 Å². The first-order valence-electron chi connectivity index (χ1n) is 8.33. The number of carbonyl (C=O) groups is 2. The zero-order chi connectivity index (χ0) is 19.1. The van der Waals surface area contributed by atoms with E-state index in [9.17, 15) is 19.1 Å². The first kappa shape index (κ1) is 19.4. The van der Waals surface area contributed by atoms with E-state index in [1.807, 2.05) is 31.2 Å². The summed E-state index contributed by atoms with van der Waals surface area (Å²) in [6, 6.07) is 12.9. The molecule has 138 valence electrons. The van der Waals surface area contributed by atoms with Gasteiger partial charge in [-0.1, -0.05) is 29.8 Å². The van der Waals surface area contributed by atoms with Crippen molar-refractivity contribution in [3.63, 3.8) is 0 Å². The third kappa shape index (κ3) is 5.88. The summed E-state index contributed by atoms with van der Waals surface area (Å²) in [4.78, 5) is 23.6. The molecule has 2 aromatic rings. The minimum absolute atomic E-state index is 0.000767. The number of carbonyl (C=O) groups excluding carboxylic acids is 1. The second-order valence-corrected chi connectivity index (χ2v) is 6.19. The van der Waals surface area contributed by atoms with Gasteiger partial charge in [0, 0.05) is 6.54 Å². The van der Waals surface area contributed by atoms with Gasteiger partial charge in [-0.3, -0.25) is 9.59 Å². The molecule has 0 spiro atoms. The van der Waals surface area contributed by atoms with Gasteiger partial charge in [-0.25, -0.2) is 4.39 Å². The molecule has 2 rings (SSSR count). The van der Waals surface area contributed by atoms with Crippen molar-refractivity contribution in [3.05, 3.63) is 65.5 Å². The van der Waals surface area contributed by atoms with Gasteiger partial charge in [0.2, 0.25) is 0 Å². The molecule has 0 fully saturated rings. The Kier molecular flexibility index (Phi) is 6.72. The Labute approximate surface area is 151 Å². The molecule has 0 radical (unpaired) electrons. The first-order chi connectivity index (χ1) is 12.3. The lowest BCUT2D eigenvalue weighted by Gasteiger charge is -2.17. The van der Waals surface area contributed by atoms with Gasteiger partial charge in [0.15, 0.2) is 6.10 Å². The van der Waals surface area contributed by atoms with Crippen molar-refractivity contribution in [2.75, 3.05) is 6.54 Å². The summed E-state index contributed by atoms with van der Waals surface area (Å²) in [7, 11) is 0. The molecular weight excluding hydrogens is 337 g/mol. The maximum absolute atomic E-state index is 12.9. The normalized spacial score (nSPS) is 12.9. The number of hydrogen-bond acceptors (Lipinski definition) is 3. The second-order valence-electron chi connectivity index (χ2n) is 6.19. The Morgan fingerprint density at radius 2 is 1.88 bits per heavy atom. The van der Waals surface area contributed by atoms with Crippen LogP contribution in [0.1, 0.15) is 18.1 Å². The van der Waals surface area contributed by atoms with Crippen molar-refractivity contribution < 1.29 is 23.8 Å². The lowest BCUT2D eigenvalue weighted by molar-refractivity contribution is -0.141. The van der Waals surface area contributed by atoms with Gasteiger partial charge in [-0.15, -0.1) is 0 Å². The van der Waals surface area contributed by atoms with Crippen LogP contribution in [0, 0.1) is 18.7 Å². The van der Waals surface area contributed by atoms with Gasteiger partial charge in [0.1, 0.15) is 11.6 Å². The number of carboxylic acid groups (broad SMARTS) is 1. The van der Waals surface area contributed by atoms with Crippen molar-refractivity contribution in [2.24, 2.45) is 5.92 Å². The van der Waals surface area contributed by atoms with E-state index in [0.29, 0.717) is 12.2 Å². The predicted octanol–water partition coefficient (Wildman–Crippen LogP) is 2.96. The van der Waals surface area contributed by atoms with Crippen molar-refractivity contribution in [3.8, 4) is 5.75 Å². The monoisotopic (exact) mass is 359 g/mol. The highest BCUT2D eigenvalue weighted by Gasteiger charge is 2.21. The van der Waals surface area contributed by atoms with E-state index >= 15 is 0 Å². The quantitative estimate of drug-likeness (QED) is 0.760. The van der Waals surface area contributed by atoms with E-state index in [0.717, 1.165) is 11.1 Å². The van der Waals surface area contributed by atoms with E-state index in [1.165, 1.54) is 24.3 Å². The molecular formula is C20H22FNO4. The summed E-state index contributed by atoms with van der Waals surface area (Å²) in [6.07, 6.45) is -0.501. The van der Waals surface area contributed by atoms with Gasteiger partial charge >= 0.3 is 5.97 Å². The first-order valence-corrected chi connectivity index (χ1v) is 8.33. The Balaban J connectivity index is 1.89. The lowest BCUT2D eigenvalue weighted by atomic mass is 9.98. The molecule has 2 atom stereocenters. The molecule has 2 aromatic carbocycles. The third-order valence-electron chi connectivity index (χ3n) is 3.93. The van der Waals surface area contributed by atoms with Crippen LogP contribution >= 0.6 is 0 Å². The van der Waals surface area contributed by atoms with Crippen molar-refractivity contribution >= 4 is 11.9 Å². The molecule has 0 heterocycles. The summed E-state index contributed by atoms with van der Waals surface area (Å²) in [6.45, 7) is 3.49. The molecule has 0 aliphatic rings. The van der Waals surface area contributed by atoms with E-state index in [4.69, 9.17) is 4.74 Å². The highest BCUT2D eigenvalue weighted by atomic mass is 19.1. The maximum atomic E-state index is 12.9. The molecule has 0 aliphatic heterocycles. The second kappa shape index (κ2) is 8.99. The van der Waals surface area contributed by atoms with Crippen LogP contribution in [0.5, 0.6) is 5.75 Å². The van der Waals surface area contributed by atoms with Gasteiger partial charge in [0.05, 0.1) is 5.92 Å². The van der Waals surface area contributed by atoms with Gasteiger partial charge in [0.25, 0.3) is 5.91 Å². The number of benzene rings is 2. The zero-order valence-electron chi connectivity index (χ0n) is 14.7. The Morgan fingerprint density at radius 3 is 2.50 bits per heavy atom. The van der Waals surface area contributed by atoms with Crippen LogP contribution in [0.15, 0.2) is 48.5 Å². The Hall–Kier alpha value is -2.89. The molecule has 0 aliphatic carbocycles. The van der Waals surface area contributed by atoms with Crippen LogP contribution in [0.25, 0.3) is 0 Å². The number of amides is 1. The van der Waals surface area contributed by atoms with Crippen molar-refractivity contribution in [1.29, 1.82) is 0 Å². The molecule has 2 N–H and O–H groups in total. The van der Waals surface area contributed by atoms with Crippen LogP contribution in [0.2, 0.25) is 0 Å². The lowest BCUT2D eigenvalue weighted by Crippen LogP contribution is -2.40. The molecule has 0 saturated heterocycles. The molecule has 6 heteroatoms. The average molecular weight is 359 g/mol. The average Bonchev–Trinajstić information content (AvgIpc) is 2.60. The number of nitrogens with one attached hydrogen (secondary N) is 1. The van der Waals surface area contributed by atoms with Gasteiger partial charge < -0.3 is 15.2 Å². The number of rotatable bonds is 8. The largest absolute Gasteiger partial charge is 0.481 e. The molecule has 26 heavy (non-hydrogen) atoms. The summed E-state index contributed by atoms with van der Waals surface area (Å²) in [5, 5.41) is 12.0. The van der Waals surface area contributed by atoms with E-state index in [-0.39, 0.29) is 6.54 Å². The molecule has 0 saturated carbocycles. The number of hydrogen-bond donors (Lipinski definition) is 2. The summed E-state index contributed by atoms with van der Waals surface area (Å²) >= 11 is 0. The number of ether oxygens (including phenoxy) is 1. The minimum atomic E-state index is -0.973. The summed E-state index contributed by atoms with van der Waals surface area (Å²) in [5.41, 5.74) is 1.96. The van der Waals surface area contributed by atoms with Crippen LogP contribution in [-0.2, 0) is 16.0 Å². The van der Waals surface area contributed by atoms with E-state index < -0.39 is 29.7 Å². The predicted molar refractivity (Wildman–Crippen MR) is 95.5 cm³/mol. The smallest absolute Gasteiger partial charge is 0.308 e. The van der Waals surface area contributed by atoms with E-state index in [1.54, 1.807) is 6.92 Å². The van der Waals surface area contributed by atoms with Crippen LogP contribution < -0.4 is 10.1 Å². The maximum Gasteiger partial charge on any atom is 0.308 e. The highest BCUT2D eigenvalue weighted by molar-refractivity contribution is 5.81. The van der Waals surface area contributed by atoms with Gasteiger partial charge in [-0.2, -0.15) is 0 Å². The fourth-order valence-electron chi connectivity index (χ4n) is 2.51. The fourth-order valence-corrected chi connectivity index (χ4v) is 2.51. The summed E-state index contributed by atoms with van der Waals surface area (Å²) < 4.78 is 18.3. The van der Waals surface area contributed by atoms with Crippen LogP contribution in [0.4, 0.5) is 4.39 Å². The topological polar surface area (TPSA) is 75.6 Å². The molecule has 1 amide bonds. The Bertz CT molecular complexity index is 761. The van der Waals surface area contributed by atoms with Crippen molar-refractivity contribution in [2.45, 2.75) is 26.4 Å². The highest BCUT2D eigenvalue weighted by Crippen LogP contribution is 2.14. The number of halogens is 1. The number of carboxylic acids is 1. The zero-order valence-corrected chi connectivity index (χ0v) is 14.7. The number of aliphatic carboxylic acids is 1. The number of aryl methyl sites for hydroxylation is 1. The SMILES string of the molecule is Cc1cccc(CC(CNC(=O)C(C)Oc2ccc(F)cc2)C(=O)O)c1. The Morgan fingerprint density at radius 1 is 1.19 bits per heavy atom. The van der Waals surface area contributed by atoms with Crippen LogP contribution in [0.3, 0.4) is 0 Å². The fraction of sp³-hybridized carbons (Fsp3) is 0.300. The summed E-state index contributed by atoms with van der Waals surface area (Å²) in [5.74, 6) is -2.17. The van der Waals surface area contributed by atoms with Crippen molar-refractivity contribution in [1.82, 2.24) is 5.32 Å².